The molecule has 1 fully saturated rings. The van der Waals surface area contributed by atoms with E-state index >= 15 is 0 Å². The average Bonchev–Trinajstić information content (AvgIpc) is 2.45. The van der Waals surface area contributed by atoms with E-state index < -0.39 is 14.6 Å². The quantitative estimate of drug-likeness (QED) is 0.909. The third-order valence-corrected chi connectivity index (χ3v) is 6.21. The highest BCUT2D eigenvalue weighted by Crippen LogP contribution is 2.31. The van der Waals surface area contributed by atoms with Gasteiger partial charge in [-0.05, 0) is 50.6 Å². The Hall–Kier alpha value is -1.40. The Kier molecular flexibility index (Phi) is 4.39. The van der Waals surface area contributed by atoms with Crippen molar-refractivity contribution in [2.45, 2.75) is 24.5 Å². The Bertz CT molecular complexity index is 634. The summed E-state index contributed by atoms with van der Waals surface area (Å²) in [5.74, 6) is -0.336. The second-order valence-corrected chi connectivity index (χ2v) is 8.05. The van der Waals surface area contributed by atoms with Crippen LogP contribution in [0.3, 0.4) is 0 Å². The van der Waals surface area contributed by atoms with Gasteiger partial charge in [0.1, 0.15) is 0 Å². The SMILES string of the molecule is Cc1cccc(N(C)C(=O)C2(S(C)(=O)=O)CCNCC2)c1. The molecule has 0 spiro atoms. The largest absolute Gasteiger partial charge is 0.317 e. The summed E-state index contributed by atoms with van der Waals surface area (Å²) in [4.78, 5) is 14.4. The highest BCUT2D eigenvalue weighted by atomic mass is 32.2. The molecule has 1 amide bonds. The number of nitrogens with zero attached hydrogens (tertiary/aromatic N) is 1. The minimum atomic E-state index is -3.48. The lowest BCUT2D eigenvalue weighted by Gasteiger charge is -2.37. The molecular formula is C15H22N2O3S. The number of carbonyl (C=O) groups excluding carboxylic acids is 1. The smallest absolute Gasteiger partial charge is 0.248 e. The molecule has 0 radical (unpaired) electrons. The van der Waals surface area contributed by atoms with Gasteiger partial charge in [-0.2, -0.15) is 0 Å². The van der Waals surface area contributed by atoms with Gasteiger partial charge >= 0.3 is 0 Å². The van der Waals surface area contributed by atoms with Gasteiger partial charge in [0.25, 0.3) is 0 Å². The fourth-order valence-electron chi connectivity index (χ4n) is 2.83. The standard InChI is InChI=1S/C15H22N2O3S/c1-12-5-4-6-13(11-12)17(2)14(18)15(21(3,19)20)7-9-16-10-8-15/h4-6,11,16H,7-10H2,1-3H3. The number of piperidine rings is 1. The second kappa shape index (κ2) is 5.77. The fourth-order valence-corrected chi connectivity index (χ4v) is 4.23. The van der Waals surface area contributed by atoms with E-state index in [1.165, 1.54) is 11.2 Å². The molecule has 0 aliphatic carbocycles. The molecule has 1 heterocycles. The van der Waals surface area contributed by atoms with Gasteiger partial charge in [0.05, 0.1) is 0 Å². The Morgan fingerprint density at radius 3 is 2.43 bits per heavy atom. The van der Waals surface area contributed by atoms with E-state index in [0.29, 0.717) is 25.9 Å². The predicted octanol–water partition coefficient (Wildman–Crippen LogP) is 1.12. The zero-order valence-electron chi connectivity index (χ0n) is 12.7. The van der Waals surface area contributed by atoms with Gasteiger partial charge in [0, 0.05) is 19.0 Å². The number of rotatable bonds is 3. The highest BCUT2D eigenvalue weighted by Gasteiger charge is 2.50. The number of carbonyl (C=O) groups is 1. The molecule has 0 aromatic heterocycles. The van der Waals surface area contributed by atoms with Crippen LogP contribution < -0.4 is 10.2 Å². The van der Waals surface area contributed by atoms with Gasteiger partial charge in [-0.3, -0.25) is 4.79 Å². The summed E-state index contributed by atoms with van der Waals surface area (Å²) in [6.45, 7) is 3.03. The van der Waals surface area contributed by atoms with Crippen LogP contribution >= 0.6 is 0 Å². The monoisotopic (exact) mass is 310 g/mol. The summed E-state index contributed by atoms with van der Waals surface area (Å²) in [5.41, 5.74) is 1.76. The summed E-state index contributed by atoms with van der Waals surface area (Å²) in [5, 5.41) is 3.12. The van der Waals surface area contributed by atoms with E-state index in [9.17, 15) is 13.2 Å². The van der Waals surface area contributed by atoms with Gasteiger partial charge < -0.3 is 10.2 Å². The van der Waals surface area contributed by atoms with Crippen molar-refractivity contribution < 1.29 is 13.2 Å². The zero-order valence-corrected chi connectivity index (χ0v) is 13.5. The number of anilines is 1. The number of sulfone groups is 1. The molecule has 21 heavy (non-hydrogen) atoms. The molecule has 1 saturated heterocycles. The van der Waals surface area contributed by atoms with Gasteiger partial charge in [-0.1, -0.05) is 12.1 Å². The molecule has 1 aromatic carbocycles. The number of hydrogen-bond acceptors (Lipinski definition) is 4. The van der Waals surface area contributed by atoms with Gasteiger partial charge in [-0.25, -0.2) is 8.42 Å². The van der Waals surface area contributed by atoms with Gasteiger partial charge in [-0.15, -0.1) is 0 Å². The minimum absolute atomic E-state index is 0.320. The number of benzene rings is 1. The molecule has 1 aliphatic heterocycles. The van der Waals surface area contributed by atoms with Crippen LogP contribution in [0.15, 0.2) is 24.3 Å². The van der Waals surface area contributed by atoms with Crippen LogP contribution in [-0.2, 0) is 14.6 Å². The van der Waals surface area contributed by atoms with E-state index in [1.54, 1.807) is 7.05 Å². The minimum Gasteiger partial charge on any atom is -0.317 e. The Morgan fingerprint density at radius 1 is 1.29 bits per heavy atom. The maximum absolute atomic E-state index is 12.9. The van der Waals surface area contributed by atoms with Crippen molar-refractivity contribution in [3.05, 3.63) is 29.8 Å². The lowest BCUT2D eigenvalue weighted by molar-refractivity contribution is -0.121. The Morgan fingerprint density at radius 2 is 1.90 bits per heavy atom. The molecular weight excluding hydrogens is 288 g/mol. The van der Waals surface area contributed by atoms with E-state index in [2.05, 4.69) is 5.32 Å². The third-order valence-electron chi connectivity index (χ3n) is 4.20. The molecule has 0 saturated carbocycles. The fraction of sp³-hybridized carbons (Fsp3) is 0.533. The molecule has 1 aliphatic rings. The normalized spacial score (nSPS) is 18.2. The molecule has 0 atom stereocenters. The van der Waals surface area contributed by atoms with Crippen LogP contribution in [0.5, 0.6) is 0 Å². The van der Waals surface area contributed by atoms with Crippen molar-refractivity contribution in [2.24, 2.45) is 0 Å². The molecule has 116 valence electrons. The lowest BCUT2D eigenvalue weighted by Crippen LogP contribution is -2.57. The first-order valence-corrected chi connectivity index (χ1v) is 8.92. The predicted molar refractivity (Wildman–Crippen MR) is 84.3 cm³/mol. The van der Waals surface area contributed by atoms with Crippen molar-refractivity contribution in [3.8, 4) is 0 Å². The van der Waals surface area contributed by atoms with Crippen LogP contribution in [0, 0.1) is 6.92 Å². The van der Waals surface area contributed by atoms with Crippen LogP contribution in [0.2, 0.25) is 0 Å². The molecule has 1 N–H and O–H groups in total. The summed E-state index contributed by atoms with van der Waals surface area (Å²) >= 11 is 0. The van der Waals surface area contributed by atoms with E-state index in [4.69, 9.17) is 0 Å². The highest BCUT2D eigenvalue weighted by molar-refractivity contribution is 7.92. The molecule has 0 bridgehead atoms. The zero-order chi connectivity index (χ0) is 15.7. The summed E-state index contributed by atoms with van der Waals surface area (Å²) in [7, 11) is -1.84. The average molecular weight is 310 g/mol. The summed E-state index contributed by atoms with van der Waals surface area (Å²) in [6.07, 6.45) is 1.81. The van der Waals surface area contributed by atoms with E-state index in [1.807, 2.05) is 31.2 Å². The lowest BCUT2D eigenvalue weighted by atomic mass is 9.95. The molecule has 5 nitrogen and oxygen atoms in total. The third kappa shape index (κ3) is 2.96. The van der Waals surface area contributed by atoms with Crippen molar-refractivity contribution in [1.82, 2.24) is 5.32 Å². The van der Waals surface area contributed by atoms with Crippen molar-refractivity contribution in [3.63, 3.8) is 0 Å². The van der Waals surface area contributed by atoms with Crippen LogP contribution in [0.25, 0.3) is 0 Å². The molecule has 1 aromatic rings. The van der Waals surface area contributed by atoms with Crippen LogP contribution in [0.4, 0.5) is 5.69 Å². The topological polar surface area (TPSA) is 66.5 Å². The van der Waals surface area contributed by atoms with Crippen LogP contribution in [-0.4, -0.2) is 45.5 Å². The summed E-state index contributed by atoms with van der Waals surface area (Å²) < 4.78 is 23.2. The number of hydrogen-bond donors (Lipinski definition) is 1. The Labute approximate surface area is 126 Å². The summed E-state index contributed by atoms with van der Waals surface area (Å²) in [6, 6.07) is 7.51. The first kappa shape index (κ1) is 16.0. The first-order valence-electron chi connectivity index (χ1n) is 7.03. The van der Waals surface area contributed by atoms with Gasteiger partial charge in [0.2, 0.25) is 5.91 Å². The van der Waals surface area contributed by atoms with E-state index in [-0.39, 0.29) is 5.91 Å². The number of aryl methyl sites for hydroxylation is 1. The van der Waals surface area contributed by atoms with Gasteiger partial charge in [0.15, 0.2) is 14.6 Å². The Balaban J connectivity index is 2.39. The van der Waals surface area contributed by atoms with Crippen molar-refractivity contribution in [2.75, 3.05) is 31.3 Å². The molecule has 2 rings (SSSR count). The number of nitrogens with one attached hydrogen (secondary N) is 1. The molecule has 0 unspecified atom stereocenters. The molecule has 6 heteroatoms. The second-order valence-electron chi connectivity index (χ2n) is 5.72. The maximum atomic E-state index is 12.9. The maximum Gasteiger partial charge on any atom is 0.248 e. The van der Waals surface area contributed by atoms with Crippen molar-refractivity contribution >= 4 is 21.4 Å². The number of amides is 1. The first-order chi connectivity index (χ1) is 9.78. The van der Waals surface area contributed by atoms with Crippen LogP contribution in [0.1, 0.15) is 18.4 Å². The van der Waals surface area contributed by atoms with E-state index in [0.717, 1.165) is 11.3 Å². The van der Waals surface area contributed by atoms with Crippen molar-refractivity contribution in [1.29, 1.82) is 0 Å².